The van der Waals surface area contributed by atoms with Gasteiger partial charge in [-0.15, -0.1) is 0 Å². The van der Waals surface area contributed by atoms with E-state index in [0.29, 0.717) is 34.1 Å². The van der Waals surface area contributed by atoms with E-state index in [9.17, 15) is 4.79 Å². The van der Waals surface area contributed by atoms with E-state index in [4.69, 9.17) is 18.9 Å². The quantitative estimate of drug-likeness (QED) is 0.277. The number of carbonyl (C=O) groups is 1. The van der Waals surface area contributed by atoms with E-state index in [2.05, 4.69) is 4.98 Å². The van der Waals surface area contributed by atoms with Gasteiger partial charge in [0.1, 0.15) is 11.5 Å². The Bertz CT molecular complexity index is 1320. The molecule has 0 bridgehead atoms. The van der Waals surface area contributed by atoms with Crippen molar-refractivity contribution in [3.8, 4) is 34.1 Å². The van der Waals surface area contributed by atoms with E-state index in [-0.39, 0.29) is 5.78 Å². The molecule has 6 heteroatoms. The Morgan fingerprint density at radius 1 is 0.788 bits per heavy atom. The Morgan fingerprint density at radius 2 is 1.48 bits per heavy atom. The molecule has 0 saturated carbocycles. The van der Waals surface area contributed by atoms with Gasteiger partial charge in [0.15, 0.2) is 17.3 Å². The largest absolute Gasteiger partial charge is 0.496 e. The van der Waals surface area contributed by atoms with Crippen LogP contribution in [0.15, 0.2) is 66.9 Å². The first-order chi connectivity index (χ1) is 16.1. The number of rotatable bonds is 8. The van der Waals surface area contributed by atoms with E-state index < -0.39 is 0 Å². The number of ketones is 1. The highest BCUT2D eigenvalue weighted by molar-refractivity contribution is 6.19. The molecule has 33 heavy (non-hydrogen) atoms. The summed E-state index contributed by atoms with van der Waals surface area (Å²) >= 11 is 0. The van der Waals surface area contributed by atoms with Gasteiger partial charge in [-0.25, -0.2) is 0 Å². The maximum Gasteiger partial charge on any atom is 0.191 e. The maximum absolute atomic E-state index is 13.4. The van der Waals surface area contributed by atoms with Crippen LogP contribution in [0.1, 0.15) is 15.9 Å². The predicted octanol–water partition coefficient (Wildman–Crippen LogP) is 5.77. The van der Waals surface area contributed by atoms with Crippen molar-refractivity contribution in [2.45, 2.75) is 0 Å². The molecular weight excluding hydrogens is 418 g/mol. The molecule has 3 aromatic carbocycles. The van der Waals surface area contributed by atoms with Crippen molar-refractivity contribution in [3.63, 3.8) is 0 Å². The molecule has 1 N–H and O–H groups in total. The predicted molar refractivity (Wildman–Crippen MR) is 130 cm³/mol. The first-order valence-corrected chi connectivity index (χ1v) is 10.4. The van der Waals surface area contributed by atoms with Gasteiger partial charge in [-0.05, 0) is 29.3 Å². The molecule has 0 unspecified atom stereocenters. The van der Waals surface area contributed by atoms with E-state index in [1.165, 1.54) is 13.2 Å². The number of carbonyl (C=O) groups excluding carboxylic acids is 1. The molecular formula is C27H25NO5. The third-order valence-electron chi connectivity index (χ3n) is 5.49. The summed E-state index contributed by atoms with van der Waals surface area (Å²) in [7, 11) is 6.30. The highest BCUT2D eigenvalue weighted by atomic mass is 16.5. The zero-order valence-electron chi connectivity index (χ0n) is 19.0. The summed E-state index contributed by atoms with van der Waals surface area (Å²) < 4.78 is 21.8. The van der Waals surface area contributed by atoms with Crippen LogP contribution in [-0.2, 0) is 0 Å². The molecule has 0 radical (unpaired) electrons. The fraction of sp³-hybridized carbons (Fsp3) is 0.148. The molecule has 4 rings (SSSR count). The van der Waals surface area contributed by atoms with E-state index in [1.54, 1.807) is 39.5 Å². The summed E-state index contributed by atoms with van der Waals surface area (Å²) in [6.45, 7) is 0. The lowest BCUT2D eigenvalue weighted by molar-refractivity contribution is 0.104. The third-order valence-corrected chi connectivity index (χ3v) is 5.49. The lowest BCUT2D eigenvalue weighted by Crippen LogP contribution is -2.02. The zero-order chi connectivity index (χ0) is 23.4. The van der Waals surface area contributed by atoms with E-state index in [0.717, 1.165) is 22.1 Å². The summed E-state index contributed by atoms with van der Waals surface area (Å²) in [5, 5.41) is 0.826. The molecule has 4 aromatic rings. The molecule has 1 aromatic heterocycles. The Labute approximate surface area is 192 Å². The van der Waals surface area contributed by atoms with Crippen LogP contribution in [0.4, 0.5) is 0 Å². The van der Waals surface area contributed by atoms with E-state index in [1.807, 2.05) is 48.7 Å². The number of aromatic nitrogens is 1. The molecule has 0 saturated heterocycles. The number of benzene rings is 3. The Hall–Kier alpha value is -4.19. The van der Waals surface area contributed by atoms with Crippen molar-refractivity contribution < 1.29 is 23.7 Å². The van der Waals surface area contributed by atoms with Crippen LogP contribution in [0.2, 0.25) is 0 Å². The fourth-order valence-electron chi connectivity index (χ4n) is 3.89. The zero-order valence-corrected chi connectivity index (χ0v) is 19.0. The lowest BCUT2D eigenvalue weighted by atomic mass is 9.99. The van der Waals surface area contributed by atoms with Crippen molar-refractivity contribution in [2.75, 3.05) is 28.4 Å². The fourth-order valence-corrected chi connectivity index (χ4v) is 3.89. The van der Waals surface area contributed by atoms with Crippen LogP contribution in [0, 0.1) is 0 Å². The van der Waals surface area contributed by atoms with Gasteiger partial charge in [0, 0.05) is 17.8 Å². The summed E-state index contributed by atoms with van der Waals surface area (Å²) in [5.41, 5.74) is 3.87. The van der Waals surface area contributed by atoms with Gasteiger partial charge in [-0.3, -0.25) is 4.79 Å². The minimum atomic E-state index is -0.198. The molecule has 0 aliphatic heterocycles. The second kappa shape index (κ2) is 9.53. The first-order valence-electron chi connectivity index (χ1n) is 10.4. The van der Waals surface area contributed by atoms with Crippen LogP contribution in [0.25, 0.3) is 28.1 Å². The van der Waals surface area contributed by atoms with Crippen LogP contribution >= 0.6 is 0 Å². The first kappa shape index (κ1) is 22.0. The van der Waals surface area contributed by atoms with Crippen molar-refractivity contribution in [1.82, 2.24) is 4.98 Å². The van der Waals surface area contributed by atoms with E-state index >= 15 is 0 Å². The Morgan fingerprint density at radius 3 is 2.15 bits per heavy atom. The third kappa shape index (κ3) is 4.15. The summed E-state index contributed by atoms with van der Waals surface area (Å²) in [6, 6.07) is 17.2. The van der Waals surface area contributed by atoms with Crippen molar-refractivity contribution in [1.29, 1.82) is 0 Å². The number of hydrogen-bond acceptors (Lipinski definition) is 5. The van der Waals surface area contributed by atoms with Gasteiger partial charge in [0.05, 0.1) is 44.9 Å². The van der Waals surface area contributed by atoms with Gasteiger partial charge < -0.3 is 23.9 Å². The summed E-state index contributed by atoms with van der Waals surface area (Å²) in [6.07, 6.45) is 5.14. The number of aromatic amines is 1. The molecule has 0 spiro atoms. The maximum atomic E-state index is 13.4. The number of methoxy groups -OCH3 is 4. The van der Waals surface area contributed by atoms with Crippen molar-refractivity contribution >= 4 is 22.8 Å². The van der Waals surface area contributed by atoms with Gasteiger partial charge in [-0.1, -0.05) is 42.5 Å². The SMILES string of the molecule is COc1ccc(/C=C/C(=O)c2c(OC)cc(OC)c3c(-c4ccccc4)c[nH]c23)cc1OC. The topological polar surface area (TPSA) is 69.8 Å². The number of allylic oxidation sites excluding steroid dienone is 1. The second-order valence-corrected chi connectivity index (χ2v) is 7.29. The van der Waals surface area contributed by atoms with Gasteiger partial charge >= 0.3 is 0 Å². The average Bonchev–Trinajstić information content (AvgIpc) is 3.31. The molecule has 0 atom stereocenters. The molecule has 0 aliphatic carbocycles. The van der Waals surface area contributed by atoms with Crippen molar-refractivity contribution in [3.05, 3.63) is 78.0 Å². The minimum Gasteiger partial charge on any atom is -0.496 e. The lowest BCUT2D eigenvalue weighted by Gasteiger charge is -2.12. The molecule has 6 nitrogen and oxygen atoms in total. The number of H-pyrrole nitrogens is 1. The van der Waals surface area contributed by atoms with Crippen LogP contribution in [0.5, 0.6) is 23.0 Å². The van der Waals surface area contributed by atoms with Crippen LogP contribution < -0.4 is 18.9 Å². The van der Waals surface area contributed by atoms with Gasteiger partial charge in [-0.2, -0.15) is 0 Å². The smallest absolute Gasteiger partial charge is 0.191 e. The van der Waals surface area contributed by atoms with Crippen LogP contribution in [-0.4, -0.2) is 39.2 Å². The van der Waals surface area contributed by atoms with Gasteiger partial charge in [0.2, 0.25) is 0 Å². The molecule has 168 valence electrons. The number of fused-ring (bicyclic) bond motifs is 1. The molecule has 0 fully saturated rings. The molecule has 1 heterocycles. The standard InChI is InChI=1S/C27H25NO5/c1-30-21-13-11-17(14-22(21)31-2)10-12-20(29)26-24(33-4)15-23(32-3)25-19(16-28-27(25)26)18-8-6-5-7-9-18/h5-16,28H,1-4H3/b12-10+. The normalized spacial score (nSPS) is 11.0. The highest BCUT2D eigenvalue weighted by Gasteiger charge is 2.22. The molecule has 0 amide bonds. The second-order valence-electron chi connectivity index (χ2n) is 7.29. The van der Waals surface area contributed by atoms with Crippen molar-refractivity contribution in [2.24, 2.45) is 0 Å². The minimum absolute atomic E-state index is 0.198. The number of ether oxygens (including phenoxy) is 4. The Balaban J connectivity index is 1.81. The summed E-state index contributed by atoms with van der Waals surface area (Å²) in [4.78, 5) is 16.6. The molecule has 0 aliphatic rings. The Kier molecular flexibility index (Phi) is 6.36. The highest BCUT2D eigenvalue weighted by Crippen LogP contribution is 2.41. The van der Waals surface area contributed by atoms with Gasteiger partial charge in [0.25, 0.3) is 0 Å². The number of nitrogens with one attached hydrogen (secondary N) is 1. The summed E-state index contributed by atoms with van der Waals surface area (Å²) in [5.74, 6) is 2.08. The average molecular weight is 443 g/mol. The number of hydrogen-bond donors (Lipinski definition) is 1. The van der Waals surface area contributed by atoms with Crippen LogP contribution in [0.3, 0.4) is 0 Å². The monoisotopic (exact) mass is 443 g/mol.